The Hall–Kier alpha value is -1.60. The topological polar surface area (TPSA) is 73.8 Å². The van der Waals surface area contributed by atoms with Gasteiger partial charge in [0.25, 0.3) is 0 Å². The standard InChI is InChI=1S/C19H34N4O2S/c1-14(2)10-17(23(5)6)13-22-19(20-4)21-12-16-8-9-18(15(3)11-16)26(7,24)25/h8-9,11,14,17H,10,12-13H2,1-7H3,(H2,20,21,22). The molecule has 1 atom stereocenters. The van der Waals surface area contributed by atoms with Gasteiger partial charge in [-0.1, -0.05) is 26.0 Å². The third-order valence-electron chi connectivity index (χ3n) is 4.30. The summed E-state index contributed by atoms with van der Waals surface area (Å²) < 4.78 is 23.4. The molecular weight excluding hydrogens is 348 g/mol. The second kappa shape index (κ2) is 9.92. The van der Waals surface area contributed by atoms with Gasteiger partial charge in [-0.2, -0.15) is 0 Å². The Labute approximate surface area is 159 Å². The first-order valence-electron chi connectivity index (χ1n) is 8.95. The molecule has 1 rings (SSSR count). The van der Waals surface area contributed by atoms with Gasteiger partial charge in [0.2, 0.25) is 0 Å². The molecule has 0 saturated carbocycles. The number of rotatable bonds is 8. The van der Waals surface area contributed by atoms with E-state index in [2.05, 4.69) is 48.5 Å². The van der Waals surface area contributed by atoms with E-state index in [-0.39, 0.29) is 0 Å². The number of hydrogen-bond acceptors (Lipinski definition) is 4. The highest BCUT2D eigenvalue weighted by Gasteiger charge is 2.14. The van der Waals surface area contributed by atoms with Crippen molar-refractivity contribution in [3.63, 3.8) is 0 Å². The minimum atomic E-state index is -3.18. The summed E-state index contributed by atoms with van der Waals surface area (Å²) in [6, 6.07) is 5.84. The van der Waals surface area contributed by atoms with Crippen LogP contribution in [0.25, 0.3) is 0 Å². The number of nitrogens with zero attached hydrogens (tertiary/aromatic N) is 2. The molecular formula is C19H34N4O2S. The molecule has 0 aliphatic heterocycles. The van der Waals surface area contributed by atoms with Crippen molar-refractivity contribution in [2.45, 2.75) is 44.7 Å². The van der Waals surface area contributed by atoms with Gasteiger partial charge in [-0.25, -0.2) is 8.42 Å². The first-order valence-corrected chi connectivity index (χ1v) is 10.8. The smallest absolute Gasteiger partial charge is 0.191 e. The fourth-order valence-corrected chi connectivity index (χ4v) is 3.84. The van der Waals surface area contributed by atoms with Crippen LogP contribution >= 0.6 is 0 Å². The van der Waals surface area contributed by atoms with E-state index in [0.29, 0.717) is 23.4 Å². The van der Waals surface area contributed by atoms with Crippen LogP contribution in [0.2, 0.25) is 0 Å². The molecule has 0 fully saturated rings. The number of sulfone groups is 1. The normalized spacial score (nSPS) is 14.0. The molecule has 0 bridgehead atoms. The Bertz CT molecular complexity index is 712. The van der Waals surface area contributed by atoms with E-state index in [9.17, 15) is 8.42 Å². The fraction of sp³-hybridized carbons (Fsp3) is 0.632. The number of aliphatic imine (C=N–C) groups is 1. The summed E-state index contributed by atoms with van der Waals surface area (Å²) in [4.78, 5) is 6.88. The third-order valence-corrected chi connectivity index (χ3v) is 5.56. The van der Waals surface area contributed by atoms with Gasteiger partial charge < -0.3 is 15.5 Å². The lowest BCUT2D eigenvalue weighted by molar-refractivity contribution is 0.254. The molecule has 0 saturated heterocycles. The number of guanidine groups is 1. The lowest BCUT2D eigenvalue weighted by atomic mass is 10.0. The van der Waals surface area contributed by atoms with Gasteiger partial charge >= 0.3 is 0 Å². The molecule has 0 amide bonds. The number of benzene rings is 1. The van der Waals surface area contributed by atoms with Crippen molar-refractivity contribution in [3.8, 4) is 0 Å². The number of aryl methyl sites for hydroxylation is 1. The molecule has 0 spiro atoms. The van der Waals surface area contributed by atoms with E-state index in [0.717, 1.165) is 30.1 Å². The summed E-state index contributed by atoms with van der Waals surface area (Å²) >= 11 is 0. The first kappa shape index (κ1) is 22.4. The van der Waals surface area contributed by atoms with Crippen LogP contribution in [0.1, 0.15) is 31.4 Å². The van der Waals surface area contributed by atoms with Crippen molar-refractivity contribution < 1.29 is 8.42 Å². The van der Waals surface area contributed by atoms with Crippen LogP contribution in [0.4, 0.5) is 0 Å². The molecule has 0 aliphatic rings. The second-order valence-corrected chi connectivity index (χ2v) is 9.41. The minimum absolute atomic E-state index is 0.381. The Kier molecular flexibility index (Phi) is 8.56. The van der Waals surface area contributed by atoms with Crippen LogP contribution in [0.5, 0.6) is 0 Å². The van der Waals surface area contributed by atoms with E-state index in [1.165, 1.54) is 6.26 Å². The maximum atomic E-state index is 11.7. The van der Waals surface area contributed by atoms with Crippen molar-refractivity contribution in [1.82, 2.24) is 15.5 Å². The zero-order chi connectivity index (χ0) is 19.9. The van der Waals surface area contributed by atoms with E-state index in [1.807, 2.05) is 19.1 Å². The maximum absolute atomic E-state index is 11.7. The van der Waals surface area contributed by atoms with Gasteiger partial charge in [-0.05, 0) is 50.6 Å². The van der Waals surface area contributed by atoms with Crippen LogP contribution in [0, 0.1) is 12.8 Å². The van der Waals surface area contributed by atoms with Crippen molar-refractivity contribution in [3.05, 3.63) is 29.3 Å². The molecule has 0 radical (unpaired) electrons. The van der Waals surface area contributed by atoms with Crippen molar-refractivity contribution >= 4 is 15.8 Å². The molecule has 7 heteroatoms. The van der Waals surface area contributed by atoms with Crippen LogP contribution in [0.3, 0.4) is 0 Å². The average Bonchev–Trinajstić information content (AvgIpc) is 2.52. The quantitative estimate of drug-likeness (QED) is 0.532. The Balaban J connectivity index is 2.66. The van der Waals surface area contributed by atoms with E-state index in [1.54, 1.807) is 13.1 Å². The van der Waals surface area contributed by atoms with Crippen LogP contribution in [-0.2, 0) is 16.4 Å². The molecule has 1 unspecified atom stereocenters. The summed E-state index contributed by atoms with van der Waals surface area (Å²) in [5.74, 6) is 1.38. The zero-order valence-corrected chi connectivity index (χ0v) is 17.9. The van der Waals surface area contributed by atoms with Gasteiger partial charge in [0.1, 0.15) is 0 Å². The lowest BCUT2D eigenvalue weighted by Gasteiger charge is -2.27. The number of likely N-dealkylation sites (N-methyl/N-ethyl adjacent to an activating group) is 1. The average molecular weight is 383 g/mol. The summed E-state index contributed by atoms with van der Waals surface area (Å²) in [6.45, 7) is 7.68. The second-order valence-electron chi connectivity index (χ2n) is 7.43. The van der Waals surface area contributed by atoms with E-state index < -0.39 is 9.84 Å². The molecule has 1 aromatic carbocycles. The highest BCUT2D eigenvalue weighted by Crippen LogP contribution is 2.16. The predicted molar refractivity (Wildman–Crippen MR) is 109 cm³/mol. The van der Waals surface area contributed by atoms with Crippen LogP contribution in [0.15, 0.2) is 28.1 Å². The Morgan fingerprint density at radius 1 is 1.23 bits per heavy atom. The molecule has 6 nitrogen and oxygen atoms in total. The predicted octanol–water partition coefficient (Wildman–Crippen LogP) is 2.04. The first-order chi connectivity index (χ1) is 12.0. The highest BCUT2D eigenvalue weighted by atomic mass is 32.2. The van der Waals surface area contributed by atoms with Crippen molar-refractivity contribution in [1.29, 1.82) is 0 Å². The van der Waals surface area contributed by atoms with Gasteiger partial charge in [0.05, 0.1) is 4.90 Å². The molecule has 0 aromatic heterocycles. The molecule has 2 N–H and O–H groups in total. The molecule has 0 aliphatic carbocycles. The van der Waals surface area contributed by atoms with Gasteiger partial charge in [-0.3, -0.25) is 4.99 Å². The molecule has 148 valence electrons. The fourth-order valence-electron chi connectivity index (χ4n) is 2.88. The van der Waals surface area contributed by atoms with Gasteiger partial charge in [0, 0.05) is 32.4 Å². The van der Waals surface area contributed by atoms with Crippen molar-refractivity contribution in [2.75, 3.05) is 33.9 Å². The summed E-state index contributed by atoms with van der Waals surface area (Å²) in [6.07, 6.45) is 2.35. The van der Waals surface area contributed by atoms with Crippen LogP contribution in [-0.4, -0.2) is 59.3 Å². The Morgan fingerprint density at radius 2 is 1.88 bits per heavy atom. The molecule has 26 heavy (non-hydrogen) atoms. The molecule has 0 heterocycles. The lowest BCUT2D eigenvalue weighted by Crippen LogP contribution is -2.45. The number of nitrogens with one attached hydrogen (secondary N) is 2. The Morgan fingerprint density at radius 3 is 2.35 bits per heavy atom. The third kappa shape index (κ3) is 7.33. The largest absolute Gasteiger partial charge is 0.355 e. The summed E-state index contributed by atoms with van der Waals surface area (Å²) in [5, 5.41) is 6.67. The zero-order valence-electron chi connectivity index (χ0n) is 17.1. The van der Waals surface area contributed by atoms with Crippen LogP contribution < -0.4 is 10.6 Å². The minimum Gasteiger partial charge on any atom is -0.355 e. The maximum Gasteiger partial charge on any atom is 0.191 e. The van der Waals surface area contributed by atoms with E-state index >= 15 is 0 Å². The molecule has 1 aromatic rings. The summed E-state index contributed by atoms with van der Waals surface area (Å²) in [5.41, 5.74) is 1.78. The summed E-state index contributed by atoms with van der Waals surface area (Å²) in [7, 11) is 2.76. The van der Waals surface area contributed by atoms with Gasteiger partial charge in [0.15, 0.2) is 15.8 Å². The highest BCUT2D eigenvalue weighted by molar-refractivity contribution is 7.90. The van der Waals surface area contributed by atoms with Gasteiger partial charge in [-0.15, -0.1) is 0 Å². The van der Waals surface area contributed by atoms with E-state index in [4.69, 9.17) is 0 Å². The SMILES string of the molecule is CN=C(NCc1ccc(S(C)(=O)=O)c(C)c1)NCC(CC(C)C)N(C)C. The monoisotopic (exact) mass is 382 g/mol. The number of hydrogen-bond donors (Lipinski definition) is 2. The van der Waals surface area contributed by atoms with Crippen molar-refractivity contribution in [2.24, 2.45) is 10.9 Å².